The molecule has 0 bridgehead atoms. The van der Waals surface area contributed by atoms with Crippen molar-refractivity contribution in [1.82, 2.24) is 19.4 Å². The molecule has 0 unspecified atom stereocenters. The van der Waals surface area contributed by atoms with Gasteiger partial charge in [-0.1, -0.05) is 18.2 Å². The molecule has 0 aliphatic carbocycles. The van der Waals surface area contributed by atoms with Crippen molar-refractivity contribution in [2.75, 3.05) is 13.6 Å². The summed E-state index contributed by atoms with van der Waals surface area (Å²) in [6, 6.07) is 15.8. The van der Waals surface area contributed by atoms with Gasteiger partial charge in [0.05, 0.1) is 10.6 Å². The van der Waals surface area contributed by atoms with Gasteiger partial charge in [0.15, 0.2) is 0 Å². The molecule has 0 aliphatic heterocycles. The summed E-state index contributed by atoms with van der Waals surface area (Å²) in [6.07, 6.45) is 4.27. The minimum atomic E-state index is -3.63. The summed E-state index contributed by atoms with van der Waals surface area (Å²) >= 11 is 0. The summed E-state index contributed by atoms with van der Waals surface area (Å²) < 4.78 is 28.4. The molecule has 8 heteroatoms. The fourth-order valence-corrected chi connectivity index (χ4v) is 4.31. The van der Waals surface area contributed by atoms with Crippen molar-refractivity contribution in [1.29, 1.82) is 0 Å². The maximum atomic E-state index is 12.6. The standard InChI is InChI=1S/C22H26N4O3S/c1-17(2)25(3)30(28,29)21-7-4-6-19(16-21)22(27)23-14-12-18-8-10-20(11-9-18)26-15-5-13-24-26/h4-11,13,15-17H,12,14H2,1-3H3,(H,23,27). The van der Waals surface area contributed by atoms with Crippen LogP contribution in [0.3, 0.4) is 0 Å². The van der Waals surface area contributed by atoms with Crippen LogP contribution in [0, 0.1) is 0 Å². The largest absolute Gasteiger partial charge is 0.352 e. The van der Waals surface area contributed by atoms with Crippen LogP contribution in [-0.2, 0) is 16.4 Å². The van der Waals surface area contributed by atoms with E-state index in [4.69, 9.17) is 0 Å². The first-order valence-corrected chi connectivity index (χ1v) is 11.2. The molecule has 0 radical (unpaired) electrons. The lowest BCUT2D eigenvalue weighted by atomic mass is 10.1. The van der Waals surface area contributed by atoms with E-state index in [9.17, 15) is 13.2 Å². The monoisotopic (exact) mass is 426 g/mol. The molecule has 0 saturated carbocycles. The van der Waals surface area contributed by atoms with Gasteiger partial charge in [0, 0.05) is 37.6 Å². The Labute approximate surface area is 177 Å². The summed E-state index contributed by atoms with van der Waals surface area (Å²) in [6.45, 7) is 4.05. The van der Waals surface area contributed by atoms with Crippen LogP contribution in [-0.4, -0.2) is 48.0 Å². The molecule has 1 N–H and O–H groups in total. The minimum Gasteiger partial charge on any atom is -0.352 e. The van der Waals surface area contributed by atoms with Crippen LogP contribution in [0.5, 0.6) is 0 Å². The smallest absolute Gasteiger partial charge is 0.251 e. The molecule has 0 saturated heterocycles. The lowest BCUT2D eigenvalue weighted by molar-refractivity contribution is 0.0954. The van der Waals surface area contributed by atoms with Gasteiger partial charge in [0.25, 0.3) is 5.91 Å². The number of carbonyl (C=O) groups is 1. The van der Waals surface area contributed by atoms with E-state index < -0.39 is 10.0 Å². The number of nitrogens with zero attached hydrogens (tertiary/aromatic N) is 3. The lowest BCUT2D eigenvalue weighted by Crippen LogP contribution is -2.33. The van der Waals surface area contributed by atoms with Crippen molar-refractivity contribution in [2.45, 2.75) is 31.2 Å². The second-order valence-corrected chi connectivity index (χ2v) is 9.26. The average molecular weight is 427 g/mol. The summed E-state index contributed by atoms with van der Waals surface area (Å²) in [5.41, 5.74) is 2.38. The first-order valence-electron chi connectivity index (χ1n) is 9.74. The van der Waals surface area contributed by atoms with Crippen LogP contribution >= 0.6 is 0 Å². The topological polar surface area (TPSA) is 84.3 Å². The predicted molar refractivity (Wildman–Crippen MR) is 116 cm³/mol. The van der Waals surface area contributed by atoms with E-state index in [1.165, 1.54) is 23.5 Å². The minimum absolute atomic E-state index is 0.112. The Morgan fingerprint density at radius 1 is 1.13 bits per heavy atom. The second-order valence-electron chi connectivity index (χ2n) is 7.27. The van der Waals surface area contributed by atoms with Gasteiger partial charge in [0.2, 0.25) is 10.0 Å². The zero-order valence-corrected chi connectivity index (χ0v) is 18.1. The maximum absolute atomic E-state index is 12.6. The Hall–Kier alpha value is -2.97. The van der Waals surface area contributed by atoms with E-state index in [0.29, 0.717) is 18.5 Å². The number of aromatic nitrogens is 2. The van der Waals surface area contributed by atoms with Crippen molar-refractivity contribution in [3.8, 4) is 5.69 Å². The number of hydrogen-bond donors (Lipinski definition) is 1. The number of benzene rings is 2. The fraction of sp³-hybridized carbons (Fsp3) is 0.273. The average Bonchev–Trinajstić information content (AvgIpc) is 3.28. The number of sulfonamides is 1. The Kier molecular flexibility index (Phi) is 6.69. The van der Waals surface area contributed by atoms with E-state index >= 15 is 0 Å². The fourth-order valence-electron chi connectivity index (χ4n) is 2.90. The normalized spacial score (nSPS) is 11.8. The molecule has 0 spiro atoms. The van der Waals surface area contributed by atoms with Crippen LogP contribution in [0.1, 0.15) is 29.8 Å². The first-order chi connectivity index (χ1) is 14.3. The van der Waals surface area contributed by atoms with E-state index in [0.717, 1.165) is 11.3 Å². The molecule has 30 heavy (non-hydrogen) atoms. The molecule has 0 aliphatic rings. The highest BCUT2D eigenvalue weighted by atomic mass is 32.2. The Balaban J connectivity index is 1.60. The zero-order valence-electron chi connectivity index (χ0n) is 17.3. The van der Waals surface area contributed by atoms with Crippen LogP contribution in [0.15, 0.2) is 71.9 Å². The quantitative estimate of drug-likeness (QED) is 0.600. The van der Waals surface area contributed by atoms with Crippen molar-refractivity contribution in [3.05, 3.63) is 78.1 Å². The van der Waals surface area contributed by atoms with Crippen molar-refractivity contribution in [3.63, 3.8) is 0 Å². The summed E-state index contributed by atoms with van der Waals surface area (Å²) in [4.78, 5) is 12.6. The van der Waals surface area contributed by atoms with Crippen LogP contribution < -0.4 is 5.32 Å². The number of carbonyl (C=O) groups excluding carboxylic acids is 1. The molecule has 3 aromatic rings. The summed E-state index contributed by atoms with van der Waals surface area (Å²) in [5, 5.41) is 7.05. The molecular weight excluding hydrogens is 400 g/mol. The maximum Gasteiger partial charge on any atom is 0.251 e. The van der Waals surface area contributed by atoms with Gasteiger partial charge in [-0.15, -0.1) is 0 Å². The van der Waals surface area contributed by atoms with Gasteiger partial charge in [-0.05, 0) is 62.2 Å². The van der Waals surface area contributed by atoms with Gasteiger partial charge >= 0.3 is 0 Å². The predicted octanol–water partition coefficient (Wildman–Crippen LogP) is 2.87. The van der Waals surface area contributed by atoms with Crippen LogP contribution in [0.25, 0.3) is 5.69 Å². The lowest BCUT2D eigenvalue weighted by Gasteiger charge is -2.21. The molecule has 0 atom stereocenters. The van der Waals surface area contributed by atoms with Crippen molar-refractivity contribution in [2.24, 2.45) is 0 Å². The SMILES string of the molecule is CC(C)N(C)S(=O)(=O)c1cccc(C(=O)NCCc2ccc(-n3cccn3)cc2)c1. The van der Waals surface area contributed by atoms with Crippen LogP contribution in [0.2, 0.25) is 0 Å². The third-order valence-corrected chi connectivity index (χ3v) is 6.93. The van der Waals surface area contributed by atoms with E-state index in [-0.39, 0.29) is 16.8 Å². The Bertz CT molecular complexity index is 1090. The molecule has 7 nitrogen and oxygen atoms in total. The molecule has 158 valence electrons. The van der Waals surface area contributed by atoms with Gasteiger partial charge in [-0.3, -0.25) is 4.79 Å². The highest BCUT2D eigenvalue weighted by Gasteiger charge is 2.23. The van der Waals surface area contributed by atoms with Gasteiger partial charge in [-0.2, -0.15) is 9.40 Å². The molecule has 0 fully saturated rings. The van der Waals surface area contributed by atoms with Crippen molar-refractivity contribution < 1.29 is 13.2 Å². The van der Waals surface area contributed by atoms with Gasteiger partial charge in [-0.25, -0.2) is 13.1 Å². The number of hydrogen-bond acceptors (Lipinski definition) is 4. The highest BCUT2D eigenvalue weighted by molar-refractivity contribution is 7.89. The Morgan fingerprint density at radius 2 is 1.87 bits per heavy atom. The van der Waals surface area contributed by atoms with Crippen molar-refractivity contribution >= 4 is 15.9 Å². The zero-order chi connectivity index (χ0) is 21.7. The van der Waals surface area contributed by atoms with E-state index in [1.54, 1.807) is 36.9 Å². The highest BCUT2D eigenvalue weighted by Crippen LogP contribution is 2.18. The third-order valence-electron chi connectivity index (χ3n) is 4.90. The number of nitrogens with one attached hydrogen (secondary N) is 1. The molecule has 3 rings (SSSR count). The third kappa shape index (κ3) is 4.95. The summed E-state index contributed by atoms with van der Waals surface area (Å²) in [5.74, 6) is -0.299. The first kappa shape index (κ1) is 21.7. The molecular formula is C22H26N4O3S. The molecule has 2 aromatic carbocycles. The number of rotatable bonds is 8. The van der Waals surface area contributed by atoms with Gasteiger partial charge < -0.3 is 5.32 Å². The van der Waals surface area contributed by atoms with E-state index in [2.05, 4.69) is 10.4 Å². The Morgan fingerprint density at radius 3 is 2.50 bits per heavy atom. The molecule has 1 aromatic heterocycles. The second kappa shape index (κ2) is 9.23. The summed E-state index contributed by atoms with van der Waals surface area (Å²) in [7, 11) is -2.10. The van der Waals surface area contributed by atoms with Crippen LogP contribution in [0.4, 0.5) is 0 Å². The molecule has 1 amide bonds. The van der Waals surface area contributed by atoms with Gasteiger partial charge in [0.1, 0.15) is 0 Å². The molecule has 1 heterocycles. The van der Waals surface area contributed by atoms with E-state index in [1.807, 2.05) is 36.5 Å². The number of amides is 1.